The Morgan fingerprint density at radius 2 is 1.74 bits per heavy atom. The van der Waals surface area contributed by atoms with E-state index < -0.39 is 0 Å². The predicted octanol–water partition coefficient (Wildman–Crippen LogP) is 4.09. The minimum atomic E-state index is -0.290. The lowest BCUT2D eigenvalue weighted by atomic mass is 10.2. The van der Waals surface area contributed by atoms with Crippen molar-refractivity contribution in [3.05, 3.63) is 0 Å². The van der Waals surface area contributed by atoms with Crippen LogP contribution in [0, 0.1) is 0 Å². The molecule has 1 amide bonds. The molecule has 2 nitrogen and oxygen atoms in total. The lowest BCUT2D eigenvalue weighted by Crippen LogP contribution is -2.41. The summed E-state index contributed by atoms with van der Waals surface area (Å²) < 4.78 is -0.0136. The lowest BCUT2D eigenvalue weighted by molar-refractivity contribution is -0.122. The average Bonchev–Trinajstić information content (AvgIpc) is 2.74. The van der Waals surface area contributed by atoms with Crippen molar-refractivity contribution < 1.29 is 4.79 Å². The highest BCUT2D eigenvalue weighted by molar-refractivity contribution is 8.02. The summed E-state index contributed by atoms with van der Waals surface area (Å²) in [5, 5.41) is 3.77. The topological polar surface area (TPSA) is 29.1 Å². The molecule has 0 unspecified atom stereocenters. The molecule has 0 heterocycles. The normalized spacial score (nSPS) is 17.7. The molecule has 4 heteroatoms. The number of hydrogen-bond donors (Lipinski definition) is 1. The standard InChI is InChI=1S/C15H29NOS2/c1-14(2,3)18-11-10-16-13(17)15(4,5)19-12-8-6-7-9-12/h12H,6-11H2,1-5H3,(H,16,17). The summed E-state index contributed by atoms with van der Waals surface area (Å²) in [4.78, 5) is 12.2. The molecule has 0 aromatic rings. The van der Waals surface area contributed by atoms with Gasteiger partial charge in [-0.05, 0) is 26.7 Å². The molecule has 19 heavy (non-hydrogen) atoms. The van der Waals surface area contributed by atoms with Gasteiger partial charge >= 0.3 is 0 Å². The Bertz CT molecular complexity index is 291. The van der Waals surface area contributed by atoms with Crippen molar-refractivity contribution in [2.75, 3.05) is 12.3 Å². The van der Waals surface area contributed by atoms with Gasteiger partial charge in [0.15, 0.2) is 0 Å². The van der Waals surface area contributed by atoms with E-state index in [9.17, 15) is 4.79 Å². The Labute approximate surface area is 127 Å². The SMILES string of the molecule is CC(C)(C)SCCNC(=O)C(C)(C)SC1CCCC1. The van der Waals surface area contributed by atoms with Crippen molar-refractivity contribution in [3.8, 4) is 0 Å². The molecule has 1 aliphatic rings. The third kappa shape index (κ3) is 6.94. The monoisotopic (exact) mass is 303 g/mol. The minimum Gasteiger partial charge on any atom is -0.354 e. The molecule has 1 rings (SSSR count). The molecule has 0 aliphatic heterocycles. The van der Waals surface area contributed by atoms with Crippen LogP contribution in [0.4, 0.5) is 0 Å². The van der Waals surface area contributed by atoms with Crippen molar-refractivity contribution in [1.29, 1.82) is 0 Å². The summed E-state index contributed by atoms with van der Waals surface area (Å²) in [5.41, 5.74) is 0. The fourth-order valence-corrected chi connectivity index (χ4v) is 4.61. The molecule has 0 spiro atoms. The highest BCUT2D eigenvalue weighted by atomic mass is 32.2. The molecule has 0 aromatic heterocycles. The average molecular weight is 304 g/mol. The quantitative estimate of drug-likeness (QED) is 0.749. The van der Waals surface area contributed by atoms with Gasteiger partial charge in [0.25, 0.3) is 0 Å². The molecule has 0 atom stereocenters. The molecular weight excluding hydrogens is 274 g/mol. The van der Waals surface area contributed by atoms with Crippen LogP contribution in [0.1, 0.15) is 60.3 Å². The second kappa shape index (κ2) is 7.26. The zero-order valence-corrected chi connectivity index (χ0v) is 14.7. The third-order valence-corrected chi connectivity index (χ3v) is 6.09. The Kier molecular flexibility index (Phi) is 6.58. The number of carbonyl (C=O) groups excluding carboxylic acids is 1. The van der Waals surface area contributed by atoms with E-state index in [0.717, 1.165) is 12.3 Å². The van der Waals surface area contributed by atoms with Crippen molar-refractivity contribution >= 4 is 29.4 Å². The lowest BCUT2D eigenvalue weighted by Gasteiger charge is -2.26. The largest absolute Gasteiger partial charge is 0.354 e. The van der Waals surface area contributed by atoms with Crippen molar-refractivity contribution in [2.45, 2.75) is 75.0 Å². The zero-order chi connectivity index (χ0) is 14.5. The molecule has 1 saturated carbocycles. The first-order chi connectivity index (χ1) is 8.71. The van der Waals surface area contributed by atoms with Gasteiger partial charge in [0.2, 0.25) is 5.91 Å². The fourth-order valence-electron chi connectivity index (χ4n) is 2.21. The molecule has 0 saturated heterocycles. The molecule has 0 aromatic carbocycles. The van der Waals surface area contributed by atoms with E-state index >= 15 is 0 Å². The maximum Gasteiger partial charge on any atom is 0.235 e. The summed E-state index contributed by atoms with van der Waals surface area (Å²) in [6, 6.07) is 0. The van der Waals surface area contributed by atoms with Crippen LogP contribution in [-0.4, -0.2) is 32.9 Å². The van der Waals surface area contributed by atoms with Crippen LogP contribution in [0.25, 0.3) is 0 Å². The second-order valence-corrected chi connectivity index (χ2v) is 10.6. The summed E-state index contributed by atoms with van der Waals surface area (Å²) in [7, 11) is 0. The van der Waals surface area contributed by atoms with E-state index in [1.54, 1.807) is 0 Å². The van der Waals surface area contributed by atoms with Crippen LogP contribution in [0.15, 0.2) is 0 Å². The van der Waals surface area contributed by atoms with Gasteiger partial charge in [0.05, 0.1) is 4.75 Å². The first-order valence-electron chi connectivity index (χ1n) is 7.31. The van der Waals surface area contributed by atoms with Crippen LogP contribution < -0.4 is 5.32 Å². The number of nitrogens with one attached hydrogen (secondary N) is 1. The van der Waals surface area contributed by atoms with Gasteiger partial charge in [0.1, 0.15) is 0 Å². The Hall–Kier alpha value is 0.170. The molecule has 1 N–H and O–H groups in total. The Balaban J connectivity index is 2.26. The highest BCUT2D eigenvalue weighted by Gasteiger charge is 2.32. The predicted molar refractivity (Wildman–Crippen MR) is 89.1 cm³/mol. The smallest absolute Gasteiger partial charge is 0.235 e. The number of thioether (sulfide) groups is 2. The molecule has 0 bridgehead atoms. The van der Waals surface area contributed by atoms with E-state index in [4.69, 9.17) is 0 Å². The first-order valence-corrected chi connectivity index (χ1v) is 9.17. The second-order valence-electron chi connectivity index (χ2n) is 6.75. The van der Waals surface area contributed by atoms with E-state index in [1.807, 2.05) is 23.5 Å². The van der Waals surface area contributed by atoms with Crippen molar-refractivity contribution in [2.24, 2.45) is 0 Å². The maximum atomic E-state index is 12.2. The maximum absolute atomic E-state index is 12.2. The fraction of sp³-hybridized carbons (Fsp3) is 0.933. The Morgan fingerprint density at radius 3 is 2.26 bits per heavy atom. The van der Waals surface area contributed by atoms with E-state index in [2.05, 4.69) is 39.9 Å². The van der Waals surface area contributed by atoms with Gasteiger partial charge in [-0.3, -0.25) is 4.79 Å². The van der Waals surface area contributed by atoms with Crippen molar-refractivity contribution in [1.82, 2.24) is 5.32 Å². The first kappa shape index (κ1) is 17.2. The van der Waals surface area contributed by atoms with Crippen LogP contribution in [-0.2, 0) is 4.79 Å². The van der Waals surface area contributed by atoms with Gasteiger partial charge in [-0.2, -0.15) is 11.8 Å². The summed E-state index contributed by atoms with van der Waals surface area (Å²) in [5.74, 6) is 1.18. The summed E-state index contributed by atoms with van der Waals surface area (Å²) in [6.45, 7) is 11.5. The van der Waals surface area contributed by atoms with Gasteiger partial charge in [-0.1, -0.05) is 33.6 Å². The molecule has 1 aliphatic carbocycles. The van der Waals surface area contributed by atoms with Gasteiger partial charge in [0, 0.05) is 22.3 Å². The highest BCUT2D eigenvalue weighted by Crippen LogP contribution is 2.37. The van der Waals surface area contributed by atoms with Gasteiger partial charge in [-0.15, -0.1) is 11.8 Å². The third-order valence-electron chi connectivity index (χ3n) is 3.23. The Morgan fingerprint density at radius 1 is 1.16 bits per heavy atom. The summed E-state index contributed by atoms with van der Waals surface area (Å²) in [6.07, 6.45) is 5.22. The van der Waals surface area contributed by atoms with E-state index in [1.165, 1.54) is 25.7 Å². The number of amides is 1. The molecular formula is C15H29NOS2. The van der Waals surface area contributed by atoms with Crippen molar-refractivity contribution in [3.63, 3.8) is 0 Å². The summed E-state index contributed by atoms with van der Waals surface area (Å²) >= 11 is 3.76. The molecule has 0 radical (unpaired) electrons. The van der Waals surface area contributed by atoms with E-state index in [-0.39, 0.29) is 15.4 Å². The van der Waals surface area contributed by atoms with Gasteiger partial charge < -0.3 is 5.32 Å². The van der Waals surface area contributed by atoms with Crippen LogP contribution >= 0.6 is 23.5 Å². The zero-order valence-electron chi connectivity index (χ0n) is 13.0. The van der Waals surface area contributed by atoms with Crippen LogP contribution in [0.3, 0.4) is 0 Å². The number of hydrogen-bond acceptors (Lipinski definition) is 3. The molecule has 1 fully saturated rings. The molecule has 112 valence electrons. The number of rotatable bonds is 6. The minimum absolute atomic E-state index is 0.193. The van der Waals surface area contributed by atoms with E-state index in [0.29, 0.717) is 5.25 Å². The van der Waals surface area contributed by atoms with Crippen LogP contribution in [0.2, 0.25) is 0 Å². The van der Waals surface area contributed by atoms with Gasteiger partial charge in [-0.25, -0.2) is 0 Å². The number of carbonyl (C=O) groups is 1. The van der Waals surface area contributed by atoms with Crippen LogP contribution in [0.5, 0.6) is 0 Å².